The molecule has 0 aliphatic carbocycles. The summed E-state index contributed by atoms with van der Waals surface area (Å²) in [5.74, 6) is -1.86. The first-order chi connectivity index (χ1) is 12.9. The number of rotatable bonds is 5. The van der Waals surface area contributed by atoms with Gasteiger partial charge in [0.1, 0.15) is 11.6 Å². The number of nitrogen functional groups attached to an aromatic ring is 1. The molecule has 0 aliphatic heterocycles. The Morgan fingerprint density at radius 1 is 1.11 bits per heavy atom. The van der Waals surface area contributed by atoms with Gasteiger partial charge in [-0.15, -0.1) is 9.19 Å². The molecule has 0 saturated carbocycles. The maximum absolute atomic E-state index is 13.0. The van der Waals surface area contributed by atoms with Crippen LogP contribution in [0.1, 0.15) is 5.56 Å². The predicted octanol–water partition coefficient (Wildman–Crippen LogP) is 2.46. The van der Waals surface area contributed by atoms with Gasteiger partial charge in [-0.25, -0.2) is 9.18 Å². The number of hydrogen-bond acceptors (Lipinski definition) is 6. The van der Waals surface area contributed by atoms with E-state index >= 15 is 0 Å². The number of esters is 1. The number of nitrogens with zero attached hydrogens (tertiary/aromatic N) is 2. The van der Waals surface area contributed by atoms with Gasteiger partial charge < -0.3 is 10.5 Å². The first kappa shape index (κ1) is 18.3. The van der Waals surface area contributed by atoms with Gasteiger partial charge >= 0.3 is 5.97 Å². The largest absolute Gasteiger partial charge is 0.403 e. The van der Waals surface area contributed by atoms with Crippen molar-refractivity contribution in [2.45, 2.75) is 4.90 Å². The highest BCUT2D eigenvalue weighted by Gasteiger charge is 2.22. The lowest BCUT2D eigenvalue weighted by molar-refractivity contribution is -0.129. The normalized spacial score (nSPS) is 11.6. The van der Waals surface area contributed by atoms with E-state index in [1.54, 1.807) is 12.1 Å². The third kappa shape index (κ3) is 4.21. The lowest BCUT2D eigenvalue weighted by Crippen LogP contribution is -2.17. The smallest absolute Gasteiger partial charge is 0.337 e. The molecule has 0 saturated heterocycles. The first-order valence-corrected chi connectivity index (χ1v) is 9.12. The maximum Gasteiger partial charge on any atom is 0.337 e. The van der Waals surface area contributed by atoms with Crippen LogP contribution in [0.5, 0.6) is 5.88 Å². The van der Waals surface area contributed by atoms with Crippen molar-refractivity contribution in [2.75, 3.05) is 5.73 Å². The third-order valence-electron chi connectivity index (χ3n) is 3.44. The van der Waals surface area contributed by atoms with Gasteiger partial charge in [-0.05, 0) is 35.9 Å². The van der Waals surface area contributed by atoms with Gasteiger partial charge in [0.15, 0.2) is 0 Å². The number of halogens is 1. The van der Waals surface area contributed by atoms with E-state index in [4.69, 9.17) is 10.5 Å². The molecule has 0 atom stereocenters. The van der Waals surface area contributed by atoms with Crippen molar-refractivity contribution in [3.63, 3.8) is 0 Å². The summed E-state index contributed by atoms with van der Waals surface area (Å²) in [4.78, 5) is 11.7. The fraction of sp³-hybridized carbons (Fsp3) is 0. The highest BCUT2D eigenvalue weighted by Crippen LogP contribution is 2.21. The van der Waals surface area contributed by atoms with Gasteiger partial charge in [-0.1, -0.05) is 30.3 Å². The van der Waals surface area contributed by atoms with Crippen LogP contribution in [0.25, 0.3) is 6.08 Å². The number of carbonyl (C=O) groups is 1. The lowest BCUT2D eigenvalue weighted by atomic mass is 10.2. The van der Waals surface area contributed by atoms with Crippen molar-refractivity contribution in [2.24, 2.45) is 0 Å². The predicted molar refractivity (Wildman–Crippen MR) is 96.7 cm³/mol. The standard InChI is InChI=1S/C18H14FN3O4S/c19-14-7-9-15(10-8-14)27(24,25)22-16(20)12-17(21-22)26-18(23)11-6-13-4-2-1-3-5-13/h1-12H,20H2/b11-6-. The Labute approximate surface area is 154 Å². The third-order valence-corrected chi connectivity index (χ3v) is 5.05. The molecule has 2 N–H and O–H groups in total. The molecule has 1 heterocycles. The molecule has 0 bridgehead atoms. The van der Waals surface area contributed by atoms with Crippen LogP contribution in [0.15, 0.2) is 71.6 Å². The Morgan fingerprint density at radius 2 is 1.78 bits per heavy atom. The van der Waals surface area contributed by atoms with Gasteiger partial charge in [-0.3, -0.25) is 0 Å². The Kier molecular flexibility index (Phi) is 5.04. The van der Waals surface area contributed by atoms with Crippen molar-refractivity contribution in [1.29, 1.82) is 0 Å². The fourth-order valence-electron chi connectivity index (χ4n) is 2.17. The molecule has 27 heavy (non-hydrogen) atoms. The molecular weight excluding hydrogens is 373 g/mol. The van der Waals surface area contributed by atoms with Gasteiger partial charge in [0.2, 0.25) is 5.88 Å². The van der Waals surface area contributed by atoms with Gasteiger partial charge in [0, 0.05) is 12.1 Å². The van der Waals surface area contributed by atoms with Crippen LogP contribution < -0.4 is 10.5 Å². The van der Waals surface area contributed by atoms with Crippen molar-refractivity contribution in [3.05, 3.63) is 78.1 Å². The van der Waals surface area contributed by atoms with Gasteiger partial charge in [0.25, 0.3) is 10.0 Å². The monoisotopic (exact) mass is 387 g/mol. The zero-order valence-corrected chi connectivity index (χ0v) is 14.6. The number of anilines is 1. The average Bonchev–Trinajstić information content (AvgIpc) is 3.02. The molecular formula is C18H14FN3O4S. The second-order valence-electron chi connectivity index (χ2n) is 5.37. The molecule has 0 amide bonds. The van der Waals surface area contributed by atoms with E-state index in [0.717, 1.165) is 35.9 Å². The van der Waals surface area contributed by atoms with Crippen LogP contribution in [0.4, 0.5) is 10.2 Å². The highest BCUT2D eigenvalue weighted by molar-refractivity contribution is 7.90. The summed E-state index contributed by atoms with van der Waals surface area (Å²) in [5.41, 5.74) is 6.46. The van der Waals surface area contributed by atoms with Crippen molar-refractivity contribution >= 4 is 27.9 Å². The first-order valence-electron chi connectivity index (χ1n) is 7.68. The van der Waals surface area contributed by atoms with E-state index in [-0.39, 0.29) is 16.6 Å². The number of hydrogen-bond donors (Lipinski definition) is 1. The summed E-state index contributed by atoms with van der Waals surface area (Å²) in [6, 6.07) is 14.3. The summed E-state index contributed by atoms with van der Waals surface area (Å²) in [7, 11) is -4.15. The molecule has 138 valence electrons. The summed E-state index contributed by atoms with van der Waals surface area (Å²) in [5, 5.41) is 3.71. The Bertz CT molecular complexity index is 1090. The Hall–Kier alpha value is -3.46. The molecule has 3 rings (SSSR count). The average molecular weight is 387 g/mol. The van der Waals surface area contributed by atoms with Crippen molar-refractivity contribution < 1.29 is 22.3 Å². The summed E-state index contributed by atoms with van der Waals surface area (Å²) < 4.78 is 43.5. The highest BCUT2D eigenvalue weighted by atomic mass is 32.2. The Morgan fingerprint density at radius 3 is 2.44 bits per heavy atom. The second kappa shape index (κ2) is 7.42. The van der Waals surface area contributed by atoms with E-state index in [1.807, 2.05) is 18.2 Å². The molecule has 0 unspecified atom stereocenters. The number of benzene rings is 2. The molecule has 0 spiro atoms. The maximum atomic E-state index is 13.0. The van der Waals surface area contributed by atoms with Crippen molar-refractivity contribution in [3.8, 4) is 5.88 Å². The van der Waals surface area contributed by atoms with Gasteiger partial charge in [0.05, 0.1) is 4.90 Å². The molecule has 0 radical (unpaired) electrons. The number of nitrogens with two attached hydrogens (primary N) is 1. The summed E-state index contributed by atoms with van der Waals surface area (Å²) in [6.45, 7) is 0. The molecule has 2 aromatic carbocycles. The van der Waals surface area contributed by atoms with E-state index < -0.39 is 21.8 Å². The zero-order chi connectivity index (χ0) is 19.4. The van der Waals surface area contributed by atoms with Crippen LogP contribution in [0.2, 0.25) is 0 Å². The number of aromatic nitrogens is 2. The summed E-state index contributed by atoms with van der Waals surface area (Å²) in [6.07, 6.45) is 2.72. The van der Waals surface area contributed by atoms with Crippen LogP contribution >= 0.6 is 0 Å². The van der Waals surface area contributed by atoms with E-state index in [1.165, 1.54) is 12.2 Å². The van der Waals surface area contributed by atoms with Crippen LogP contribution in [-0.2, 0) is 14.8 Å². The topological polar surface area (TPSA) is 104 Å². The Balaban J connectivity index is 1.79. The molecule has 0 fully saturated rings. The molecule has 3 aromatic rings. The fourth-order valence-corrected chi connectivity index (χ4v) is 3.37. The quantitative estimate of drug-likeness (QED) is 0.533. The molecule has 0 aliphatic rings. The van der Waals surface area contributed by atoms with E-state index in [9.17, 15) is 17.6 Å². The molecule has 9 heteroatoms. The minimum Gasteiger partial charge on any atom is -0.403 e. The second-order valence-corrected chi connectivity index (χ2v) is 7.14. The van der Waals surface area contributed by atoms with E-state index in [0.29, 0.717) is 4.09 Å². The lowest BCUT2D eigenvalue weighted by Gasteiger charge is -2.05. The van der Waals surface area contributed by atoms with Crippen LogP contribution in [0.3, 0.4) is 0 Å². The van der Waals surface area contributed by atoms with Crippen molar-refractivity contribution in [1.82, 2.24) is 9.19 Å². The van der Waals surface area contributed by atoms with Crippen LogP contribution in [0, 0.1) is 5.82 Å². The molecule has 1 aromatic heterocycles. The summed E-state index contributed by atoms with van der Waals surface area (Å²) >= 11 is 0. The van der Waals surface area contributed by atoms with E-state index in [2.05, 4.69) is 5.10 Å². The SMILES string of the molecule is Nc1cc(OC(=O)/C=C\c2ccccc2)nn1S(=O)(=O)c1ccc(F)cc1. The molecule has 7 nitrogen and oxygen atoms in total. The minimum atomic E-state index is -4.15. The number of carbonyl (C=O) groups excluding carboxylic acids is 1. The zero-order valence-electron chi connectivity index (χ0n) is 13.8. The number of ether oxygens (including phenoxy) is 1. The van der Waals surface area contributed by atoms with Gasteiger partial charge in [-0.2, -0.15) is 8.42 Å². The minimum absolute atomic E-state index is 0.208. The van der Waals surface area contributed by atoms with Crippen LogP contribution in [-0.4, -0.2) is 23.6 Å².